The molecule has 9 nitrogen and oxygen atoms in total. The van der Waals surface area contributed by atoms with Gasteiger partial charge in [-0.3, -0.25) is 24.2 Å². The largest absolute Gasteiger partial charge is 0.457 e. The van der Waals surface area contributed by atoms with Gasteiger partial charge in [-0.05, 0) is 61.0 Å². The summed E-state index contributed by atoms with van der Waals surface area (Å²) in [5.74, 6) is -1.71. The first kappa shape index (κ1) is 34.0. The highest BCUT2D eigenvalue weighted by Crippen LogP contribution is 2.31. The average molecular weight is 636 g/mol. The van der Waals surface area contributed by atoms with Gasteiger partial charge in [0.05, 0.1) is 25.3 Å². The Morgan fingerprint density at radius 2 is 1.64 bits per heavy atom. The Labute approximate surface area is 255 Å². The number of nitrogens with two attached hydrogens (primary N) is 1. The van der Waals surface area contributed by atoms with E-state index in [2.05, 4.69) is 10.6 Å². The Bertz CT molecular complexity index is 1440. The summed E-state index contributed by atoms with van der Waals surface area (Å²) in [6, 6.07) is 10.7. The summed E-state index contributed by atoms with van der Waals surface area (Å²) >= 11 is 1.32. The van der Waals surface area contributed by atoms with Gasteiger partial charge < -0.3 is 26.0 Å². The number of nitrogens with one attached hydrogen (secondary N) is 3. The second-order valence-corrected chi connectivity index (χ2v) is 10.6. The highest BCUT2D eigenvalue weighted by atomic mass is 32.1. The minimum absolute atomic E-state index is 0.0345. The molecule has 2 unspecified atom stereocenters. The number of hydrogen-bond donors (Lipinski definition) is 4. The van der Waals surface area contributed by atoms with Crippen molar-refractivity contribution in [3.63, 3.8) is 0 Å². The van der Waals surface area contributed by atoms with Gasteiger partial charge in [0.1, 0.15) is 23.4 Å². The van der Waals surface area contributed by atoms with E-state index >= 15 is 0 Å². The number of carbonyl (C=O) groups excluding carboxylic acids is 3. The van der Waals surface area contributed by atoms with Gasteiger partial charge in [-0.15, -0.1) is 11.3 Å². The number of nitrogen functional groups attached to an aromatic ring is 1. The second kappa shape index (κ2) is 15.3. The number of amidine groups is 1. The molecule has 1 aliphatic heterocycles. The van der Waals surface area contributed by atoms with Gasteiger partial charge in [0.25, 0.3) is 5.91 Å². The molecule has 1 aromatic heterocycles. The molecule has 3 amide bonds. The Hall–Kier alpha value is -4.46. The molecule has 14 heteroatoms. The minimum Gasteiger partial charge on any atom is -0.457 e. The van der Waals surface area contributed by atoms with Gasteiger partial charge in [-0.1, -0.05) is 13.8 Å². The predicted molar refractivity (Wildman–Crippen MR) is 158 cm³/mol. The summed E-state index contributed by atoms with van der Waals surface area (Å²) in [6.07, 6.45) is -4.32. The van der Waals surface area contributed by atoms with Gasteiger partial charge in [0.15, 0.2) is 0 Å². The number of likely N-dealkylation sites (tertiary alicyclic amines) is 1. The number of nitrogens with zero attached hydrogens (tertiary/aromatic N) is 1. The van der Waals surface area contributed by atoms with Gasteiger partial charge in [-0.25, -0.2) is 0 Å². The van der Waals surface area contributed by atoms with Crippen molar-refractivity contribution in [2.45, 2.75) is 39.0 Å². The van der Waals surface area contributed by atoms with Crippen LogP contribution in [0.2, 0.25) is 0 Å². The molecule has 1 aliphatic rings. The van der Waals surface area contributed by atoms with Crippen molar-refractivity contribution in [2.24, 2.45) is 11.7 Å². The molecule has 1 fully saturated rings. The molecule has 2 aromatic carbocycles. The Morgan fingerprint density at radius 1 is 1.02 bits per heavy atom. The van der Waals surface area contributed by atoms with Crippen LogP contribution in [0.4, 0.5) is 17.6 Å². The summed E-state index contributed by atoms with van der Waals surface area (Å²) in [5, 5.41) is 14.4. The predicted octanol–water partition coefficient (Wildman–Crippen LogP) is 5.10. The van der Waals surface area contributed by atoms with Crippen LogP contribution in [0.3, 0.4) is 0 Å². The van der Waals surface area contributed by atoms with E-state index in [0.717, 1.165) is 17.0 Å². The molecule has 0 bridgehead atoms. The fraction of sp³-hybridized carbons (Fsp3) is 0.333. The van der Waals surface area contributed by atoms with E-state index in [0.29, 0.717) is 5.56 Å². The lowest BCUT2D eigenvalue weighted by Crippen LogP contribution is -2.48. The minimum atomic E-state index is -4.46. The standard InChI is InChI=1S/C28H27F4N5O4S.C2H6/c29-11-16-9-23(27(40)35-12-22-10-18(15-42-22)25(33)34)37(14-16)24(38)13-36-26(39)17-1-5-20(6-2-17)41-21-7-3-19(4-8-21)28(30,31)32;1-2/h1-8,10,15-16,23H,9,11-14H2,(H3,33,34)(H,35,40)(H,36,39);1-2H3. The number of carbonyl (C=O) groups is 3. The van der Waals surface area contributed by atoms with Crippen LogP contribution in [-0.2, 0) is 22.3 Å². The normalized spacial score (nSPS) is 16.0. The van der Waals surface area contributed by atoms with Gasteiger partial charge in [0.2, 0.25) is 11.8 Å². The molecule has 2 atom stereocenters. The Balaban J connectivity index is 0.00000259. The molecule has 4 rings (SSSR count). The molecule has 0 radical (unpaired) electrons. The maximum Gasteiger partial charge on any atom is 0.416 e. The van der Waals surface area contributed by atoms with Crippen molar-refractivity contribution in [3.05, 3.63) is 81.5 Å². The number of hydrogen-bond acceptors (Lipinski definition) is 6. The number of benzene rings is 2. The van der Waals surface area contributed by atoms with Crippen molar-refractivity contribution in [3.8, 4) is 11.5 Å². The van der Waals surface area contributed by atoms with E-state index in [1.807, 2.05) is 13.8 Å². The monoisotopic (exact) mass is 635 g/mol. The van der Waals surface area contributed by atoms with E-state index in [4.69, 9.17) is 15.9 Å². The van der Waals surface area contributed by atoms with Crippen LogP contribution in [0.25, 0.3) is 0 Å². The molecule has 2 heterocycles. The van der Waals surface area contributed by atoms with E-state index in [-0.39, 0.29) is 42.4 Å². The first-order chi connectivity index (χ1) is 20.9. The average Bonchev–Trinajstić information content (AvgIpc) is 3.68. The molecule has 0 saturated carbocycles. The Morgan fingerprint density at radius 3 is 2.18 bits per heavy atom. The highest BCUT2D eigenvalue weighted by molar-refractivity contribution is 7.10. The van der Waals surface area contributed by atoms with E-state index in [1.165, 1.54) is 52.6 Å². The summed E-state index contributed by atoms with van der Waals surface area (Å²) in [6.45, 7) is 3.07. The number of thiophene rings is 1. The summed E-state index contributed by atoms with van der Waals surface area (Å²) in [7, 11) is 0. The fourth-order valence-corrected chi connectivity index (χ4v) is 5.17. The Kier molecular flexibility index (Phi) is 11.9. The number of alkyl halides is 4. The van der Waals surface area contributed by atoms with Crippen molar-refractivity contribution >= 4 is 34.9 Å². The van der Waals surface area contributed by atoms with E-state index in [1.54, 1.807) is 11.4 Å². The molecule has 44 heavy (non-hydrogen) atoms. The van der Waals surface area contributed by atoms with Crippen molar-refractivity contribution in [1.29, 1.82) is 5.41 Å². The number of halogens is 4. The highest BCUT2D eigenvalue weighted by Gasteiger charge is 2.39. The molecule has 236 valence electrons. The molecule has 0 aliphatic carbocycles. The molecular formula is C30H33F4N5O4S. The molecule has 1 saturated heterocycles. The van der Waals surface area contributed by atoms with Crippen molar-refractivity contribution in [1.82, 2.24) is 15.5 Å². The summed E-state index contributed by atoms with van der Waals surface area (Å²) in [5.41, 5.74) is 5.39. The van der Waals surface area contributed by atoms with Crippen molar-refractivity contribution < 1.29 is 36.7 Å². The molecule has 5 N–H and O–H groups in total. The van der Waals surface area contributed by atoms with Crippen LogP contribution < -0.4 is 21.1 Å². The quantitative estimate of drug-likeness (QED) is 0.140. The van der Waals surface area contributed by atoms with Crippen LogP contribution in [0.1, 0.15) is 46.6 Å². The SMILES string of the molecule is CC.N=C(N)c1csc(CNC(=O)C2CC(CF)CN2C(=O)CNC(=O)c2ccc(Oc3ccc(C(F)(F)F)cc3)cc2)c1. The lowest BCUT2D eigenvalue weighted by Gasteiger charge is -2.24. The van der Waals surface area contributed by atoms with Gasteiger partial charge in [0, 0.05) is 33.8 Å². The topological polar surface area (TPSA) is 138 Å². The fourth-order valence-electron chi connectivity index (χ4n) is 4.35. The zero-order valence-corrected chi connectivity index (χ0v) is 24.9. The molecule has 3 aromatic rings. The van der Waals surface area contributed by atoms with Crippen LogP contribution >= 0.6 is 11.3 Å². The lowest BCUT2D eigenvalue weighted by molar-refractivity contribution is -0.137. The van der Waals surface area contributed by atoms with Crippen LogP contribution in [-0.4, -0.2) is 54.3 Å². The van der Waals surface area contributed by atoms with E-state index in [9.17, 15) is 31.9 Å². The third-order valence-electron chi connectivity index (χ3n) is 6.56. The molecular weight excluding hydrogens is 602 g/mol. The lowest BCUT2D eigenvalue weighted by atomic mass is 10.1. The van der Waals surface area contributed by atoms with Crippen LogP contribution in [0.15, 0.2) is 60.0 Å². The number of rotatable bonds is 10. The van der Waals surface area contributed by atoms with E-state index < -0.39 is 54.6 Å². The van der Waals surface area contributed by atoms with Crippen LogP contribution in [0.5, 0.6) is 11.5 Å². The zero-order valence-electron chi connectivity index (χ0n) is 24.0. The maximum absolute atomic E-state index is 13.4. The third kappa shape index (κ3) is 9.02. The number of amides is 3. The molecule has 0 spiro atoms. The summed E-state index contributed by atoms with van der Waals surface area (Å²) < 4.78 is 57.1. The second-order valence-electron chi connectivity index (χ2n) is 9.58. The third-order valence-corrected chi connectivity index (χ3v) is 7.50. The first-order valence-corrected chi connectivity index (χ1v) is 14.6. The van der Waals surface area contributed by atoms with Gasteiger partial charge >= 0.3 is 6.18 Å². The summed E-state index contributed by atoms with van der Waals surface area (Å²) in [4.78, 5) is 40.5. The first-order valence-electron chi connectivity index (χ1n) is 13.7. The number of ether oxygens (including phenoxy) is 1. The zero-order chi connectivity index (χ0) is 32.4. The smallest absolute Gasteiger partial charge is 0.416 e. The van der Waals surface area contributed by atoms with Gasteiger partial charge in [-0.2, -0.15) is 13.2 Å². The van der Waals surface area contributed by atoms with Crippen LogP contribution in [0, 0.1) is 11.3 Å². The maximum atomic E-state index is 13.4. The van der Waals surface area contributed by atoms with Crippen molar-refractivity contribution in [2.75, 3.05) is 19.8 Å².